The van der Waals surface area contributed by atoms with Gasteiger partial charge in [0.15, 0.2) is 5.82 Å². The lowest BCUT2D eigenvalue weighted by Gasteiger charge is -2.12. The standard InChI is InChI=1S/C18H23N5O/c1-6-23-16-15(12(4)22-23)20-17(11(2)3)21-18(16)19-13-8-7-9-14(10-13)24-5/h7-11H,6H2,1-5H3,(H,19,20,21). The van der Waals surface area contributed by atoms with Crippen LogP contribution in [0.1, 0.15) is 38.2 Å². The van der Waals surface area contributed by atoms with Crippen LogP contribution < -0.4 is 10.1 Å². The van der Waals surface area contributed by atoms with Gasteiger partial charge in [-0.15, -0.1) is 0 Å². The third-order valence-corrected chi connectivity index (χ3v) is 3.92. The van der Waals surface area contributed by atoms with Crippen LogP contribution in [0.3, 0.4) is 0 Å². The van der Waals surface area contributed by atoms with Crippen molar-refractivity contribution in [2.75, 3.05) is 12.4 Å². The van der Waals surface area contributed by atoms with Crippen LogP contribution in [0.2, 0.25) is 0 Å². The number of aryl methyl sites for hydroxylation is 2. The van der Waals surface area contributed by atoms with E-state index in [0.717, 1.165) is 46.4 Å². The molecule has 0 bridgehead atoms. The number of methoxy groups -OCH3 is 1. The van der Waals surface area contributed by atoms with Crippen molar-refractivity contribution in [3.05, 3.63) is 35.8 Å². The van der Waals surface area contributed by atoms with E-state index in [2.05, 4.69) is 31.2 Å². The molecule has 24 heavy (non-hydrogen) atoms. The molecule has 1 N–H and O–H groups in total. The fourth-order valence-corrected chi connectivity index (χ4v) is 2.66. The maximum absolute atomic E-state index is 5.30. The molecule has 0 unspecified atom stereocenters. The summed E-state index contributed by atoms with van der Waals surface area (Å²) in [7, 11) is 1.66. The van der Waals surface area contributed by atoms with Crippen molar-refractivity contribution in [1.82, 2.24) is 19.7 Å². The van der Waals surface area contributed by atoms with Crippen molar-refractivity contribution in [2.45, 2.75) is 40.2 Å². The molecule has 0 saturated heterocycles. The Morgan fingerprint density at radius 2 is 2.04 bits per heavy atom. The molecule has 0 aliphatic heterocycles. The number of nitrogens with one attached hydrogen (secondary N) is 1. The van der Waals surface area contributed by atoms with Gasteiger partial charge in [-0.3, -0.25) is 4.68 Å². The fourth-order valence-electron chi connectivity index (χ4n) is 2.66. The average Bonchev–Trinajstić information content (AvgIpc) is 2.91. The van der Waals surface area contributed by atoms with Crippen LogP contribution in [0.4, 0.5) is 11.5 Å². The minimum atomic E-state index is 0.240. The highest BCUT2D eigenvalue weighted by Crippen LogP contribution is 2.29. The molecule has 0 aliphatic carbocycles. The predicted octanol–water partition coefficient (Wildman–Crippen LogP) is 4.03. The Balaban J connectivity index is 2.16. The van der Waals surface area contributed by atoms with Crippen molar-refractivity contribution in [2.24, 2.45) is 0 Å². The lowest BCUT2D eigenvalue weighted by molar-refractivity contribution is 0.415. The lowest BCUT2D eigenvalue weighted by Crippen LogP contribution is -2.06. The zero-order chi connectivity index (χ0) is 17.3. The maximum atomic E-state index is 5.30. The lowest BCUT2D eigenvalue weighted by atomic mass is 10.2. The molecule has 0 spiro atoms. The van der Waals surface area contributed by atoms with Crippen LogP contribution in [-0.2, 0) is 6.54 Å². The van der Waals surface area contributed by atoms with Crippen LogP contribution in [-0.4, -0.2) is 26.9 Å². The summed E-state index contributed by atoms with van der Waals surface area (Å²) in [5, 5.41) is 8.01. The highest BCUT2D eigenvalue weighted by molar-refractivity contribution is 5.89. The van der Waals surface area contributed by atoms with Crippen LogP contribution in [0.5, 0.6) is 5.75 Å². The SMILES string of the molecule is CCn1nc(C)c2nc(C(C)C)nc(Nc3cccc(OC)c3)c21. The first-order valence-corrected chi connectivity index (χ1v) is 8.19. The van der Waals surface area contributed by atoms with Gasteiger partial charge >= 0.3 is 0 Å². The number of benzene rings is 1. The number of nitrogens with zero attached hydrogens (tertiary/aromatic N) is 4. The molecular weight excluding hydrogens is 302 g/mol. The molecule has 0 aliphatic rings. The zero-order valence-electron chi connectivity index (χ0n) is 14.8. The van der Waals surface area contributed by atoms with Gasteiger partial charge in [-0.25, -0.2) is 9.97 Å². The Hall–Kier alpha value is -2.63. The third-order valence-electron chi connectivity index (χ3n) is 3.92. The van der Waals surface area contributed by atoms with E-state index in [1.54, 1.807) is 7.11 Å². The van der Waals surface area contributed by atoms with Crippen LogP contribution in [0.15, 0.2) is 24.3 Å². The molecule has 0 radical (unpaired) electrons. The van der Waals surface area contributed by atoms with Gasteiger partial charge in [-0.2, -0.15) is 5.10 Å². The normalized spacial score (nSPS) is 11.2. The van der Waals surface area contributed by atoms with Crippen molar-refractivity contribution >= 4 is 22.5 Å². The summed E-state index contributed by atoms with van der Waals surface area (Å²) >= 11 is 0. The largest absolute Gasteiger partial charge is 0.497 e. The van der Waals surface area contributed by atoms with E-state index >= 15 is 0 Å². The number of anilines is 2. The fraction of sp³-hybridized carbons (Fsp3) is 0.389. The van der Waals surface area contributed by atoms with E-state index in [0.29, 0.717) is 0 Å². The van der Waals surface area contributed by atoms with Gasteiger partial charge in [0.05, 0.1) is 12.8 Å². The van der Waals surface area contributed by atoms with Gasteiger partial charge in [-0.1, -0.05) is 19.9 Å². The van der Waals surface area contributed by atoms with E-state index in [1.165, 1.54) is 0 Å². The summed E-state index contributed by atoms with van der Waals surface area (Å²) in [6.07, 6.45) is 0. The molecule has 2 aromatic heterocycles. The minimum Gasteiger partial charge on any atom is -0.497 e. The van der Waals surface area contributed by atoms with Crippen molar-refractivity contribution < 1.29 is 4.74 Å². The van der Waals surface area contributed by atoms with Gasteiger partial charge in [0.25, 0.3) is 0 Å². The highest BCUT2D eigenvalue weighted by Gasteiger charge is 2.17. The average molecular weight is 325 g/mol. The molecule has 3 rings (SSSR count). The molecule has 2 heterocycles. The number of fused-ring (bicyclic) bond motifs is 1. The van der Waals surface area contributed by atoms with Gasteiger partial charge < -0.3 is 10.1 Å². The molecule has 0 amide bonds. The van der Waals surface area contributed by atoms with Crippen LogP contribution in [0.25, 0.3) is 11.0 Å². The summed E-state index contributed by atoms with van der Waals surface area (Å²) < 4.78 is 7.24. The first-order chi connectivity index (χ1) is 11.5. The molecular formula is C18H23N5O. The number of rotatable bonds is 5. The Morgan fingerprint density at radius 3 is 2.71 bits per heavy atom. The Bertz CT molecular complexity index is 869. The summed E-state index contributed by atoms with van der Waals surface area (Å²) in [5.74, 6) is 2.63. The van der Waals surface area contributed by atoms with Crippen molar-refractivity contribution in [3.8, 4) is 5.75 Å². The van der Waals surface area contributed by atoms with E-state index in [-0.39, 0.29) is 5.92 Å². The Morgan fingerprint density at radius 1 is 1.25 bits per heavy atom. The minimum absolute atomic E-state index is 0.240. The summed E-state index contributed by atoms with van der Waals surface area (Å²) in [5.41, 5.74) is 3.68. The van der Waals surface area contributed by atoms with Gasteiger partial charge in [0.2, 0.25) is 0 Å². The van der Waals surface area contributed by atoms with Crippen LogP contribution in [0, 0.1) is 6.92 Å². The first kappa shape index (κ1) is 16.2. The molecule has 0 fully saturated rings. The number of hydrogen-bond acceptors (Lipinski definition) is 5. The first-order valence-electron chi connectivity index (χ1n) is 8.19. The molecule has 6 heteroatoms. The second kappa shape index (κ2) is 6.47. The molecule has 1 aromatic carbocycles. The molecule has 0 atom stereocenters. The van der Waals surface area contributed by atoms with Crippen LogP contribution >= 0.6 is 0 Å². The van der Waals surface area contributed by atoms with Gasteiger partial charge in [-0.05, 0) is 26.0 Å². The number of hydrogen-bond donors (Lipinski definition) is 1. The molecule has 126 valence electrons. The predicted molar refractivity (Wildman–Crippen MR) is 96.1 cm³/mol. The summed E-state index contributed by atoms with van der Waals surface area (Å²) in [6.45, 7) is 9.01. The monoisotopic (exact) mass is 325 g/mol. The van der Waals surface area contributed by atoms with Gasteiger partial charge in [0, 0.05) is 24.2 Å². The molecule has 0 saturated carbocycles. The topological polar surface area (TPSA) is 64.9 Å². The number of ether oxygens (including phenoxy) is 1. The quantitative estimate of drug-likeness (QED) is 0.767. The smallest absolute Gasteiger partial charge is 0.160 e. The van der Waals surface area contributed by atoms with Gasteiger partial charge in [0.1, 0.15) is 22.6 Å². The maximum Gasteiger partial charge on any atom is 0.160 e. The van der Waals surface area contributed by atoms with E-state index in [4.69, 9.17) is 14.7 Å². The van der Waals surface area contributed by atoms with Crippen molar-refractivity contribution in [1.29, 1.82) is 0 Å². The zero-order valence-corrected chi connectivity index (χ0v) is 14.8. The third kappa shape index (κ3) is 2.91. The second-order valence-electron chi connectivity index (χ2n) is 6.04. The molecule has 6 nitrogen and oxygen atoms in total. The van der Waals surface area contributed by atoms with E-state index in [1.807, 2.05) is 35.9 Å². The van der Waals surface area contributed by atoms with E-state index in [9.17, 15) is 0 Å². The highest BCUT2D eigenvalue weighted by atomic mass is 16.5. The molecule has 3 aromatic rings. The Labute approximate surface area is 141 Å². The van der Waals surface area contributed by atoms with Crippen molar-refractivity contribution in [3.63, 3.8) is 0 Å². The summed E-state index contributed by atoms with van der Waals surface area (Å²) in [4.78, 5) is 9.47. The van der Waals surface area contributed by atoms with E-state index < -0.39 is 0 Å². The Kier molecular flexibility index (Phi) is 4.38. The number of aromatic nitrogens is 4. The summed E-state index contributed by atoms with van der Waals surface area (Å²) in [6, 6.07) is 7.81. The second-order valence-corrected chi connectivity index (χ2v) is 6.04.